The number of hydrogen-bond acceptors (Lipinski definition) is 4. The summed E-state index contributed by atoms with van der Waals surface area (Å²) >= 11 is 0. The van der Waals surface area contributed by atoms with Crippen LogP contribution in [0.5, 0.6) is 5.75 Å². The summed E-state index contributed by atoms with van der Waals surface area (Å²) < 4.78 is 7.27. The zero-order valence-corrected chi connectivity index (χ0v) is 12.2. The minimum absolute atomic E-state index is 0.0781. The molecule has 2 aromatic rings. The number of anilines is 1. The number of rotatable bonds is 7. The minimum atomic E-state index is -0.416. The molecule has 0 saturated heterocycles. The number of nitrogens with zero attached hydrogens (tertiary/aromatic N) is 2. The maximum atomic E-state index is 10.8. The number of carbonyl (C=O) groups excluding carboxylic acids is 1. The van der Waals surface area contributed by atoms with Crippen LogP contribution in [0.25, 0.3) is 0 Å². The predicted molar refractivity (Wildman–Crippen MR) is 81.0 cm³/mol. The fourth-order valence-electron chi connectivity index (χ4n) is 1.92. The van der Waals surface area contributed by atoms with E-state index in [-0.39, 0.29) is 12.6 Å². The molecule has 3 N–H and O–H groups in total. The second kappa shape index (κ2) is 6.78. The summed E-state index contributed by atoms with van der Waals surface area (Å²) in [4.78, 5) is 10.8. The van der Waals surface area contributed by atoms with Crippen LogP contribution in [0.2, 0.25) is 0 Å². The third-order valence-electron chi connectivity index (χ3n) is 2.77. The topological polar surface area (TPSA) is 82.2 Å². The Balaban J connectivity index is 1.99. The zero-order chi connectivity index (χ0) is 15.2. The molecule has 0 radical (unpaired) electrons. The van der Waals surface area contributed by atoms with Gasteiger partial charge in [0.1, 0.15) is 12.3 Å². The number of amides is 1. The smallest absolute Gasteiger partial charge is 0.239 e. The maximum Gasteiger partial charge on any atom is 0.239 e. The number of nitrogens with one attached hydrogen (secondary N) is 1. The first-order valence-electron chi connectivity index (χ1n) is 6.84. The van der Waals surface area contributed by atoms with E-state index in [0.717, 1.165) is 17.0 Å². The lowest BCUT2D eigenvalue weighted by molar-refractivity contribution is -0.118. The van der Waals surface area contributed by atoms with Gasteiger partial charge in [0.25, 0.3) is 0 Å². The van der Waals surface area contributed by atoms with Crippen LogP contribution in [0.3, 0.4) is 0 Å². The van der Waals surface area contributed by atoms with E-state index in [9.17, 15) is 4.79 Å². The molecule has 1 amide bonds. The Morgan fingerprint density at radius 2 is 2.19 bits per heavy atom. The Morgan fingerprint density at radius 3 is 2.90 bits per heavy atom. The van der Waals surface area contributed by atoms with E-state index in [1.807, 2.05) is 38.1 Å². The van der Waals surface area contributed by atoms with Gasteiger partial charge in [-0.05, 0) is 19.9 Å². The number of ether oxygens (including phenoxy) is 1. The molecule has 0 aliphatic rings. The number of hydrogen-bond donors (Lipinski definition) is 2. The van der Waals surface area contributed by atoms with Gasteiger partial charge in [0.2, 0.25) is 5.91 Å². The maximum absolute atomic E-state index is 10.8. The molecule has 6 nitrogen and oxygen atoms in total. The molecule has 1 heterocycles. The van der Waals surface area contributed by atoms with E-state index < -0.39 is 5.91 Å². The lowest BCUT2D eigenvalue weighted by atomic mass is 10.2. The molecule has 1 aromatic carbocycles. The second-order valence-electron chi connectivity index (χ2n) is 5.02. The molecule has 2 rings (SSSR count). The number of primary amides is 1. The number of nitrogens with two attached hydrogens (primary N) is 1. The van der Waals surface area contributed by atoms with Crippen molar-refractivity contribution in [2.45, 2.75) is 33.0 Å². The summed E-state index contributed by atoms with van der Waals surface area (Å²) in [5.41, 5.74) is 7.02. The van der Waals surface area contributed by atoms with Crippen molar-refractivity contribution in [3.8, 4) is 5.75 Å². The molecule has 6 heteroatoms. The van der Waals surface area contributed by atoms with E-state index >= 15 is 0 Å². The minimum Gasteiger partial charge on any atom is -0.491 e. The van der Waals surface area contributed by atoms with Crippen molar-refractivity contribution in [3.05, 3.63) is 42.2 Å². The highest BCUT2D eigenvalue weighted by atomic mass is 16.5. The van der Waals surface area contributed by atoms with Gasteiger partial charge < -0.3 is 15.8 Å². The normalized spacial score (nSPS) is 10.6. The molecule has 1 aromatic heterocycles. The summed E-state index contributed by atoms with van der Waals surface area (Å²) in [5, 5.41) is 7.31. The third-order valence-corrected chi connectivity index (χ3v) is 2.77. The highest BCUT2D eigenvalue weighted by Gasteiger charge is 2.06. The SMILES string of the molecule is CC(C)Oc1ccccc1CNc1cnn(CC(N)=O)c1. The van der Waals surface area contributed by atoms with E-state index in [2.05, 4.69) is 10.4 Å². The molecule has 0 fully saturated rings. The molecule has 0 atom stereocenters. The van der Waals surface area contributed by atoms with E-state index in [4.69, 9.17) is 10.5 Å². The Morgan fingerprint density at radius 1 is 1.43 bits per heavy atom. The fraction of sp³-hybridized carbons (Fsp3) is 0.333. The van der Waals surface area contributed by atoms with Crippen LogP contribution in [-0.4, -0.2) is 21.8 Å². The fourth-order valence-corrected chi connectivity index (χ4v) is 1.92. The highest BCUT2D eigenvalue weighted by Crippen LogP contribution is 2.20. The van der Waals surface area contributed by atoms with Gasteiger partial charge in [-0.25, -0.2) is 0 Å². The molecule has 21 heavy (non-hydrogen) atoms. The van der Waals surface area contributed by atoms with Crippen molar-refractivity contribution in [3.63, 3.8) is 0 Å². The Labute approximate surface area is 123 Å². The third kappa shape index (κ3) is 4.52. The van der Waals surface area contributed by atoms with Crippen LogP contribution in [0, 0.1) is 0 Å². The molecule has 0 saturated carbocycles. The summed E-state index contributed by atoms with van der Waals surface area (Å²) in [6.07, 6.45) is 3.54. The molecule has 0 unspecified atom stereocenters. The van der Waals surface area contributed by atoms with Gasteiger partial charge in [-0.2, -0.15) is 5.10 Å². The first-order valence-corrected chi connectivity index (χ1v) is 6.84. The van der Waals surface area contributed by atoms with Crippen LogP contribution in [0.1, 0.15) is 19.4 Å². The van der Waals surface area contributed by atoms with Gasteiger partial charge >= 0.3 is 0 Å². The number of para-hydroxylation sites is 1. The zero-order valence-electron chi connectivity index (χ0n) is 12.2. The van der Waals surface area contributed by atoms with Gasteiger partial charge in [0, 0.05) is 18.3 Å². The molecule has 0 aliphatic carbocycles. The Bertz CT molecular complexity index is 607. The van der Waals surface area contributed by atoms with Crippen LogP contribution in [0.15, 0.2) is 36.7 Å². The quantitative estimate of drug-likeness (QED) is 0.813. The van der Waals surface area contributed by atoms with Crippen molar-refractivity contribution in [1.82, 2.24) is 9.78 Å². The lowest BCUT2D eigenvalue weighted by Gasteiger charge is -2.14. The van der Waals surface area contributed by atoms with Crippen LogP contribution >= 0.6 is 0 Å². The standard InChI is InChI=1S/C15H20N4O2/c1-11(2)21-14-6-4-3-5-12(14)7-17-13-8-18-19(9-13)10-15(16)20/h3-6,8-9,11,17H,7,10H2,1-2H3,(H2,16,20). The number of carbonyl (C=O) groups is 1. The number of aromatic nitrogens is 2. The molecule has 112 valence electrons. The van der Waals surface area contributed by atoms with Crippen LogP contribution in [0.4, 0.5) is 5.69 Å². The predicted octanol–water partition coefficient (Wildman–Crippen LogP) is 1.77. The van der Waals surface area contributed by atoms with Crippen molar-refractivity contribution < 1.29 is 9.53 Å². The van der Waals surface area contributed by atoms with Crippen LogP contribution in [-0.2, 0) is 17.9 Å². The molecule has 0 spiro atoms. The summed E-state index contributed by atoms with van der Waals surface area (Å²) in [6.45, 7) is 4.69. The average molecular weight is 288 g/mol. The van der Waals surface area contributed by atoms with Crippen molar-refractivity contribution >= 4 is 11.6 Å². The van der Waals surface area contributed by atoms with E-state index in [1.54, 1.807) is 12.4 Å². The van der Waals surface area contributed by atoms with Gasteiger partial charge in [-0.15, -0.1) is 0 Å². The van der Waals surface area contributed by atoms with Gasteiger partial charge in [-0.3, -0.25) is 9.48 Å². The van der Waals surface area contributed by atoms with Gasteiger partial charge in [0.05, 0.1) is 18.0 Å². The van der Waals surface area contributed by atoms with Crippen LogP contribution < -0.4 is 15.8 Å². The molecule has 0 bridgehead atoms. The van der Waals surface area contributed by atoms with Gasteiger partial charge in [-0.1, -0.05) is 18.2 Å². The largest absolute Gasteiger partial charge is 0.491 e. The summed E-state index contributed by atoms with van der Waals surface area (Å²) in [6, 6.07) is 7.89. The van der Waals surface area contributed by atoms with E-state index in [0.29, 0.717) is 6.54 Å². The summed E-state index contributed by atoms with van der Waals surface area (Å²) in [7, 11) is 0. The highest BCUT2D eigenvalue weighted by molar-refractivity contribution is 5.73. The van der Waals surface area contributed by atoms with Crippen molar-refractivity contribution in [2.75, 3.05) is 5.32 Å². The molecular weight excluding hydrogens is 268 g/mol. The molecule has 0 aliphatic heterocycles. The Hall–Kier alpha value is -2.50. The first-order chi connectivity index (χ1) is 10.0. The van der Waals surface area contributed by atoms with E-state index in [1.165, 1.54) is 4.68 Å². The molecular formula is C15H20N4O2. The lowest BCUT2D eigenvalue weighted by Crippen LogP contribution is -2.18. The number of benzene rings is 1. The monoisotopic (exact) mass is 288 g/mol. The van der Waals surface area contributed by atoms with Crippen molar-refractivity contribution in [1.29, 1.82) is 0 Å². The average Bonchev–Trinajstić information content (AvgIpc) is 2.84. The first kappa shape index (κ1) is 14.9. The second-order valence-corrected chi connectivity index (χ2v) is 5.02. The van der Waals surface area contributed by atoms with Crippen molar-refractivity contribution in [2.24, 2.45) is 5.73 Å². The Kier molecular flexibility index (Phi) is 4.81. The van der Waals surface area contributed by atoms with Gasteiger partial charge in [0.15, 0.2) is 0 Å². The summed E-state index contributed by atoms with van der Waals surface area (Å²) in [5.74, 6) is 0.449.